The fourth-order valence-corrected chi connectivity index (χ4v) is 3.33. The van der Waals surface area contributed by atoms with Gasteiger partial charge in [0.15, 0.2) is 0 Å². The molecule has 0 fully saturated rings. The molecular formula is C25H26N4O4. The first-order chi connectivity index (χ1) is 15.8. The number of nitrogens with one attached hydrogen (secondary N) is 2. The van der Waals surface area contributed by atoms with E-state index in [9.17, 15) is 14.4 Å². The summed E-state index contributed by atoms with van der Waals surface area (Å²) in [5.41, 5.74) is 8.80. The maximum Gasteiger partial charge on any atom is 0.255 e. The molecule has 0 aliphatic carbocycles. The van der Waals surface area contributed by atoms with Crippen LogP contribution in [0, 0.1) is 13.8 Å². The van der Waals surface area contributed by atoms with Gasteiger partial charge in [0, 0.05) is 36.5 Å². The van der Waals surface area contributed by atoms with Gasteiger partial charge in [0.25, 0.3) is 11.8 Å². The predicted octanol–water partition coefficient (Wildman–Crippen LogP) is 3.13. The third-order valence-corrected chi connectivity index (χ3v) is 4.91. The first-order valence-electron chi connectivity index (χ1n) is 10.4. The Labute approximate surface area is 192 Å². The number of carbonyl (C=O) groups is 3. The molecule has 0 unspecified atom stereocenters. The Bertz CT molecular complexity index is 1140. The van der Waals surface area contributed by atoms with Gasteiger partial charge in [0.1, 0.15) is 12.4 Å². The van der Waals surface area contributed by atoms with Crippen molar-refractivity contribution in [3.05, 3.63) is 88.7 Å². The zero-order valence-electron chi connectivity index (χ0n) is 18.6. The Kier molecular flexibility index (Phi) is 7.75. The lowest BCUT2D eigenvalue weighted by molar-refractivity contribution is -0.117. The molecule has 3 rings (SSSR count). The SMILES string of the molecule is Cc1cc(C(=O)Nc2ccccc2C(=O)NCCC(N)=O)cc(C)c1OCc1cccnc1. The van der Waals surface area contributed by atoms with E-state index in [2.05, 4.69) is 15.6 Å². The number of hydrogen-bond acceptors (Lipinski definition) is 5. The summed E-state index contributed by atoms with van der Waals surface area (Å²) in [6.07, 6.45) is 3.48. The Balaban J connectivity index is 1.72. The monoisotopic (exact) mass is 446 g/mol. The second-order valence-electron chi connectivity index (χ2n) is 7.56. The summed E-state index contributed by atoms with van der Waals surface area (Å²) >= 11 is 0. The van der Waals surface area contributed by atoms with Crippen LogP contribution < -0.4 is 21.1 Å². The molecule has 0 aliphatic rings. The van der Waals surface area contributed by atoms with Gasteiger partial charge in [0.2, 0.25) is 5.91 Å². The molecule has 2 aromatic carbocycles. The van der Waals surface area contributed by atoms with E-state index in [1.807, 2.05) is 26.0 Å². The number of nitrogens with zero attached hydrogens (tertiary/aromatic N) is 1. The summed E-state index contributed by atoms with van der Waals surface area (Å²) in [4.78, 5) is 40.4. The predicted molar refractivity (Wildman–Crippen MR) is 125 cm³/mol. The first-order valence-corrected chi connectivity index (χ1v) is 10.4. The second kappa shape index (κ2) is 10.9. The molecule has 0 radical (unpaired) electrons. The van der Waals surface area contributed by atoms with Crippen molar-refractivity contribution in [3.63, 3.8) is 0 Å². The molecule has 0 saturated carbocycles. The standard InChI is InChI=1S/C25H26N4O4/c1-16-12-19(13-17(2)23(16)33-15-18-6-5-10-27-14-18)24(31)29-21-8-4-3-7-20(21)25(32)28-11-9-22(26)30/h3-8,10,12-14H,9,11,15H2,1-2H3,(H2,26,30)(H,28,32)(H,29,31). The van der Waals surface area contributed by atoms with Gasteiger partial charge in [-0.2, -0.15) is 0 Å². The maximum atomic E-state index is 12.9. The molecule has 1 aromatic heterocycles. The van der Waals surface area contributed by atoms with Crippen molar-refractivity contribution in [2.45, 2.75) is 26.9 Å². The normalized spacial score (nSPS) is 10.4. The van der Waals surface area contributed by atoms with Crippen LogP contribution in [0.2, 0.25) is 0 Å². The van der Waals surface area contributed by atoms with Crippen molar-refractivity contribution in [3.8, 4) is 5.75 Å². The van der Waals surface area contributed by atoms with Crippen LogP contribution in [0.4, 0.5) is 5.69 Å². The van der Waals surface area contributed by atoms with Crippen LogP contribution >= 0.6 is 0 Å². The summed E-state index contributed by atoms with van der Waals surface area (Å²) in [6.45, 7) is 4.25. The van der Waals surface area contributed by atoms with Crippen LogP contribution in [0.15, 0.2) is 60.9 Å². The van der Waals surface area contributed by atoms with E-state index in [1.54, 1.807) is 48.8 Å². The molecule has 0 spiro atoms. The number of rotatable bonds is 9. The number of amides is 3. The van der Waals surface area contributed by atoms with Crippen LogP contribution in [0.25, 0.3) is 0 Å². The molecular weight excluding hydrogens is 420 g/mol. The average Bonchev–Trinajstić information content (AvgIpc) is 2.79. The van der Waals surface area contributed by atoms with E-state index in [0.717, 1.165) is 16.7 Å². The van der Waals surface area contributed by atoms with Crippen molar-refractivity contribution < 1.29 is 19.1 Å². The molecule has 0 atom stereocenters. The van der Waals surface area contributed by atoms with E-state index >= 15 is 0 Å². The number of para-hydroxylation sites is 1. The van der Waals surface area contributed by atoms with Crippen molar-refractivity contribution in [2.24, 2.45) is 5.73 Å². The summed E-state index contributed by atoms with van der Waals surface area (Å²) in [7, 11) is 0. The number of aryl methyl sites for hydroxylation is 2. The Morgan fingerprint density at radius 2 is 1.73 bits per heavy atom. The first kappa shape index (κ1) is 23.5. The smallest absolute Gasteiger partial charge is 0.255 e. The highest BCUT2D eigenvalue weighted by molar-refractivity contribution is 6.09. The average molecular weight is 447 g/mol. The highest BCUT2D eigenvalue weighted by Crippen LogP contribution is 2.26. The molecule has 0 bridgehead atoms. The number of anilines is 1. The number of benzene rings is 2. The van der Waals surface area contributed by atoms with Crippen LogP contribution in [0.1, 0.15) is 43.8 Å². The van der Waals surface area contributed by atoms with E-state index in [1.165, 1.54) is 0 Å². The van der Waals surface area contributed by atoms with Crippen LogP contribution in [-0.4, -0.2) is 29.3 Å². The van der Waals surface area contributed by atoms with Gasteiger partial charge < -0.3 is 21.1 Å². The van der Waals surface area contributed by atoms with E-state index < -0.39 is 11.8 Å². The number of hydrogen-bond donors (Lipinski definition) is 3. The fourth-order valence-electron chi connectivity index (χ4n) is 3.33. The number of nitrogens with two attached hydrogens (primary N) is 1. The number of pyridine rings is 1. The topological polar surface area (TPSA) is 123 Å². The Morgan fingerprint density at radius 3 is 2.39 bits per heavy atom. The number of primary amides is 1. The molecule has 170 valence electrons. The van der Waals surface area contributed by atoms with Crippen molar-refractivity contribution in [1.29, 1.82) is 0 Å². The number of carbonyl (C=O) groups excluding carboxylic acids is 3. The largest absolute Gasteiger partial charge is 0.488 e. The van der Waals surface area contributed by atoms with Crippen LogP contribution in [0.3, 0.4) is 0 Å². The molecule has 1 heterocycles. The Morgan fingerprint density at radius 1 is 1.00 bits per heavy atom. The highest BCUT2D eigenvalue weighted by atomic mass is 16.5. The minimum absolute atomic E-state index is 0.0357. The summed E-state index contributed by atoms with van der Waals surface area (Å²) in [6, 6.07) is 13.9. The van der Waals surface area contributed by atoms with Crippen LogP contribution in [0.5, 0.6) is 5.75 Å². The van der Waals surface area contributed by atoms with Crippen LogP contribution in [-0.2, 0) is 11.4 Å². The third-order valence-electron chi connectivity index (χ3n) is 4.91. The Hall–Kier alpha value is -4.20. The quantitative estimate of drug-likeness (QED) is 0.466. The second-order valence-corrected chi connectivity index (χ2v) is 7.56. The zero-order valence-corrected chi connectivity index (χ0v) is 18.6. The lowest BCUT2D eigenvalue weighted by Crippen LogP contribution is -2.28. The van der Waals surface area contributed by atoms with E-state index in [0.29, 0.717) is 29.2 Å². The van der Waals surface area contributed by atoms with E-state index in [4.69, 9.17) is 10.5 Å². The lowest BCUT2D eigenvalue weighted by Gasteiger charge is -2.15. The molecule has 4 N–H and O–H groups in total. The van der Waals surface area contributed by atoms with E-state index in [-0.39, 0.29) is 18.9 Å². The van der Waals surface area contributed by atoms with Gasteiger partial charge in [0.05, 0.1) is 11.3 Å². The van der Waals surface area contributed by atoms with Gasteiger partial charge in [-0.25, -0.2) is 0 Å². The minimum Gasteiger partial charge on any atom is -0.488 e. The van der Waals surface area contributed by atoms with Gasteiger partial charge >= 0.3 is 0 Å². The molecule has 3 aromatic rings. The lowest BCUT2D eigenvalue weighted by atomic mass is 10.0. The van der Waals surface area contributed by atoms with Gasteiger partial charge in [-0.05, 0) is 55.3 Å². The van der Waals surface area contributed by atoms with Crippen molar-refractivity contribution in [2.75, 3.05) is 11.9 Å². The minimum atomic E-state index is -0.504. The van der Waals surface area contributed by atoms with Crippen molar-refractivity contribution >= 4 is 23.4 Å². The summed E-state index contributed by atoms with van der Waals surface area (Å²) in [5, 5.41) is 5.42. The highest BCUT2D eigenvalue weighted by Gasteiger charge is 2.16. The third kappa shape index (κ3) is 6.39. The van der Waals surface area contributed by atoms with Gasteiger partial charge in [-0.1, -0.05) is 18.2 Å². The fraction of sp³-hybridized carbons (Fsp3) is 0.200. The zero-order chi connectivity index (χ0) is 23.8. The van der Waals surface area contributed by atoms with Gasteiger partial charge in [-0.15, -0.1) is 0 Å². The summed E-state index contributed by atoms with van der Waals surface area (Å²) in [5.74, 6) is -0.545. The number of aromatic nitrogens is 1. The molecule has 0 saturated heterocycles. The number of ether oxygens (including phenoxy) is 1. The van der Waals surface area contributed by atoms with Crippen molar-refractivity contribution in [1.82, 2.24) is 10.3 Å². The molecule has 8 nitrogen and oxygen atoms in total. The maximum absolute atomic E-state index is 12.9. The molecule has 8 heteroatoms. The summed E-state index contributed by atoms with van der Waals surface area (Å²) < 4.78 is 5.95. The van der Waals surface area contributed by atoms with Gasteiger partial charge in [-0.3, -0.25) is 19.4 Å². The molecule has 33 heavy (non-hydrogen) atoms. The molecule has 0 aliphatic heterocycles. The molecule has 3 amide bonds.